The zero-order valence-corrected chi connectivity index (χ0v) is 19.5. The number of aromatic amines is 1. The summed E-state index contributed by atoms with van der Waals surface area (Å²) in [6, 6.07) is 1.27. The number of likely N-dealkylation sites (tertiary alicyclic amines) is 3. The van der Waals surface area contributed by atoms with Crippen molar-refractivity contribution in [2.45, 2.75) is 50.2 Å². The van der Waals surface area contributed by atoms with E-state index in [9.17, 15) is 18.0 Å². The van der Waals surface area contributed by atoms with E-state index >= 15 is 0 Å². The summed E-state index contributed by atoms with van der Waals surface area (Å²) in [7, 11) is 0. The lowest BCUT2D eigenvalue weighted by molar-refractivity contribution is -0.140. The van der Waals surface area contributed by atoms with Crippen LogP contribution in [0.4, 0.5) is 18.0 Å². The number of hydrogen-bond donors (Lipinski definition) is 1. The molecule has 34 heavy (non-hydrogen) atoms. The van der Waals surface area contributed by atoms with E-state index in [0.29, 0.717) is 23.3 Å². The maximum Gasteiger partial charge on any atom is 0.434 e. The third-order valence-corrected chi connectivity index (χ3v) is 8.97. The highest BCUT2D eigenvalue weighted by Crippen LogP contribution is 2.56. The Balaban J connectivity index is 0.844. The van der Waals surface area contributed by atoms with Gasteiger partial charge in [-0.05, 0) is 43.3 Å². The van der Waals surface area contributed by atoms with Gasteiger partial charge in [0.05, 0.1) is 0 Å². The third kappa shape index (κ3) is 3.43. The zero-order chi connectivity index (χ0) is 23.3. The van der Waals surface area contributed by atoms with Gasteiger partial charge < -0.3 is 9.80 Å². The second kappa shape index (κ2) is 6.93. The van der Waals surface area contributed by atoms with Crippen LogP contribution in [0, 0.1) is 10.8 Å². The smallest absolute Gasteiger partial charge is 0.323 e. The number of halogens is 3. The van der Waals surface area contributed by atoms with Gasteiger partial charge in [-0.1, -0.05) is 0 Å². The van der Waals surface area contributed by atoms with Gasteiger partial charge in [0.1, 0.15) is 5.82 Å². The maximum absolute atomic E-state index is 12.9. The highest BCUT2D eigenvalue weighted by molar-refractivity contribution is 7.05. The molecular weight excluding hydrogens is 467 g/mol. The van der Waals surface area contributed by atoms with E-state index in [1.165, 1.54) is 12.8 Å². The van der Waals surface area contributed by atoms with E-state index in [2.05, 4.69) is 24.5 Å². The van der Waals surface area contributed by atoms with Crippen LogP contribution in [0.15, 0.2) is 6.07 Å². The molecule has 1 N–H and O–H groups in total. The summed E-state index contributed by atoms with van der Waals surface area (Å²) in [5.41, 5.74) is -0.445. The van der Waals surface area contributed by atoms with Crippen LogP contribution in [0.3, 0.4) is 0 Å². The molecule has 5 heterocycles. The molecular formula is C22H26F3N7OS. The summed E-state index contributed by atoms with van der Waals surface area (Å²) in [4.78, 5) is 24.2. The first-order valence-electron chi connectivity index (χ1n) is 11.9. The number of amides is 2. The highest BCUT2D eigenvalue weighted by atomic mass is 32.1. The number of carbonyl (C=O) groups is 1. The minimum atomic E-state index is -4.38. The molecule has 12 heteroatoms. The standard InChI is InChI=1S/C22H26F3N7OS/c23-22(24,25)16-3-15(34-29-16)6-30-7-21(8-30)11-32(12-21)19(33)31-9-20(10-31)4-14(5-20)18-26-17(27-28-18)13-1-2-13/h3,13-14H,1-2,4-12H2,(H,26,27,28). The van der Waals surface area contributed by atoms with E-state index in [4.69, 9.17) is 0 Å². The lowest BCUT2D eigenvalue weighted by atomic mass is 9.57. The predicted molar refractivity (Wildman–Crippen MR) is 116 cm³/mol. The van der Waals surface area contributed by atoms with Crippen molar-refractivity contribution in [1.82, 2.24) is 34.3 Å². The van der Waals surface area contributed by atoms with Crippen molar-refractivity contribution in [1.29, 1.82) is 0 Å². The van der Waals surface area contributed by atoms with Gasteiger partial charge in [0.25, 0.3) is 0 Å². The van der Waals surface area contributed by atoms with Crippen molar-refractivity contribution in [3.05, 3.63) is 28.3 Å². The molecule has 0 radical (unpaired) electrons. The van der Waals surface area contributed by atoms with Crippen LogP contribution in [-0.4, -0.2) is 79.6 Å². The molecule has 7 rings (SSSR count). The molecule has 0 bridgehead atoms. The number of rotatable bonds is 4. The van der Waals surface area contributed by atoms with E-state index in [1.54, 1.807) is 0 Å². The molecule has 2 aromatic rings. The molecule has 5 fully saturated rings. The Labute approximate surface area is 198 Å². The van der Waals surface area contributed by atoms with Crippen LogP contribution < -0.4 is 0 Å². The number of nitrogens with one attached hydrogen (secondary N) is 1. The maximum atomic E-state index is 12.9. The summed E-state index contributed by atoms with van der Waals surface area (Å²) < 4.78 is 41.7. The van der Waals surface area contributed by atoms with E-state index < -0.39 is 11.9 Å². The third-order valence-electron chi connectivity index (χ3n) is 8.20. The first-order valence-corrected chi connectivity index (χ1v) is 12.7. The van der Waals surface area contributed by atoms with E-state index in [-0.39, 0.29) is 16.9 Å². The Bertz CT molecular complexity index is 1110. The lowest BCUT2D eigenvalue weighted by Crippen LogP contribution is -2.75. The van der Waals surface area contributed by atoms with E-state index in [0.717, 1.165) is 81.4 Å². The Kier molecular flexibility index (Phi) is 4.30. The van der Waals surface area contributed by atoms with Gasteiger partial charge in [-0.3, -0.25) is 10.00 Å². The first kappa shape index (κ1) is 21.1. The molecule has 2 spiro atoms. The topological polar surface area (TPSA) is 81.2 Å². The average molecular weight is 494 g/mol. The van der Waals surface area contributed by atoms with Crippen molar-refractivity contribution in [3.63, 3.8) is 0 Å². The molecule has 5 aliphatic rings. The van der Waals surface area contributed by atoms with Crippen molar-refractivity contribution in [2.75, 3.05) is 39.3 Å². The van der Waals surface area contributed by atoms with Crippen molar-refractivity contribution in [2.24, 2.45) is 10.8 Å². The minimum Gasteiger partial charge on any atom is -0.323 e. The quantitative estimate of drug-likeness (QED) is 0.707. The van der Waals surface area contributed by atoms with E-state index in [1.807, 2.05) is 9.80 Å². The highest BCUT2D eigenvalue weighted by Gasteiger charge is 2.58. The Hall–Kier alpha value is -2.21. The van der Waals surface area contributed by atoms with Crippen molar-refractivity contribution in [3.8, 4) is 0 Å². The van der Waals surface area contributed by atoms with Crippen LogP contribution in [0.5, 0.6) is 0 Å². The Morgan fingerprint density at radius 3 is 2.35 bits per heavy atom. The van der Waals surface area contributed by atoms with Crippen LogP contribution in [0.25, 0.3) is 0 Å². The fraction of sp³-hybridized carbons (Fsp3) is 0.727. The summed E-state index contributed by atoms with van der Waals surface area (Å²) >= 11 is 0.918. The number of carbonyl (C=O) groups excluding carboxylic acids is 1. The molecule has 0 aromatic carbocycles. The molecule has 0 atom stereocenters. The normalized spacial score (nSPS) is 25.7. The SMILES string of the molecule is O=C(N1CC2(CC(c3n[nH]c(C4CC4)n3)C2)C1)N1CC2(CN(Cc3cc(C(F)(F)F)ns3)C2)C1. The first-order chi connectivity index (χ1) is 16.2. The molecule has 2 saturated carbocycles. The number of alkyl halides is 3. The molecule has 182 valence electrons. The Morgan fingerprint density at radius 2 is 1.74 bits per heavy atom. The van der Waals surface area contributed by atoms with Gasteiger partial charge in [-0.2, -0.15) is 22.6 Å². The molecule has 3 aliphatic heterocycles. The second-order valence-corrected chi connectivity index (χ2v) is 12.2. The number of urea groups is 1. The molecule has 2 aliphatic carbocycles. The fourth-order valence-electron chi connectivity index (χ4n) is 6.39. The van der Waals surface area contributed by atoms with Gasteiger partial charge >= 0.3 is 12.2 Å². The molecule has 2 amide bonds. The number of aromatic nitrogens is 4. The van der Waals surface area contributed by atoms with Crippen molar-refractivity contribution < 1.29 is 18.0 Å². The van der Waals surface area contributed by atoms with Crippen molar-refractivity contribution >= 4 is 17.6 Å². The van der Waals surface area contributed by atoms with Gasteiger partial charge in [0, 0.05) is 73.4 Å². The monoisotopic (exact) mass is 493 g/mol. The molecule has 2 aromatic heterocycles. The van der Waals surface area contributed by atoms with Gasteiger partial charge in [-0.25, -0.2) is 9.78 Å². The van der Waals surface area contributed by atoms with Crippen LogP contribution in [0.2, 0.25) is 0 Å². The summed E-state index contributed by atoms with van der Waals surface area (Å²) in [6.07, 6.45) is 0.164. The molecule has 0 unspecified atom stereocenters. The number of nitrogens with zero attached hydrogens (tertiary/aromatic N) is 6. The van der Waals surface area contributed by atoms with Crippen LogP contribution in [0.1, 0.15) is 59.7 Å². The summed E-state index contributed by atoms with van der Waals surface area (Å²) in [6.45, 7) is 5.27. The lowest BCUT2D eigenvalue weighted by Gasteiger charge is -2.63. The molecule has 3 saturated heterocycles. The van der Waals surface area contributed by atoms with Crippen LogP contribution >= 0.6 is 11.5 Å². The van der Waals surface area contributed by atoms with Gasteiger partial charge in [-0.15, -0.1) is 0 Å². The average Bonchev–Trinajstić information content (AvgIpc) is 3.19. The van der Waals surface area contributed by atoms with Gasteiger partial charge in [0.2, 0.25) is 0 Å². The minimum absolute atomic E-state index is 0.113. The summed E-state index contributed by atoms with van der Waals surface area (Å²) in [5, 5.41) is 7.52. The fourth-order valence-corrected chi connectivity index (χ4v) is 7.17. The van der Waals surface area contributed by atoms with Crippen LogP contribution in [-0.2, 0) is 12.7 Å². The Morgan fingerprint density at radius 1 is 1.06 bits per heavy atom. The largest absolute Gasteiger partial charge is 0.434 e. The molecule has 8 nitrogen and oxygen atoms in total. The number of H-pyrrole nitrogens is 1. The number of hydrogen-bond acceptors (Lipinski definition) is 6. The predicted octanol–water partition coefficient (Wildman–Crippen LogP) is 3.27. The second-order valence-electron chi connectivity index (χ2n) is 11.3. The van der Waals surface area contributed by atoms with Gasteiger partial charge in [0.15, 0.2) is 11.5 Å². The zero-order valence-electron chi connectivity index (χ0n) is 18.6. The summed E-state index contributed by atoms with van der Waals surface area (Å²) in [5.74, 6) is 3.00.